The summed E-state index contributed by atoms with van der Waals surface area (Å²) >= 11 is 0. The molecule has 0 bridgehead atoms. The molecule has 4 N–H and O–H groups in total. The van der Waals surface area contributed by atoms with Gasteiger partial charge in [-0.25, -0.2) is 0 Å². The number of nitrogens with one attached hydrogen (secondary N) is 1. The largest absolute Gasteiger partial charge is 0.480 e. The highest BCUT2D eigenvalue weighted by molar-refractivity contribution is 7.87. The van der Waals surface area contributed by atoms with Gasteiger partial charge >= 0.3 is 5.97 Å². The lowest BCUT2D eigenvalue weighted by Gasteiger charge is -2.21. The summed E-state index contributed by atoms with van der Waals surface area (Å²) in [6.07, 6.45) is 0.126. The van der Waals surface area contributed by atoms with E-state index in [9.17, 15) is 13.2 Å². The van der Waals surface area contributed by atoms with Crippen LogP contribution in [0.1, 0.15) is 20.3 Å². The molecule has 1 fully saturated rings. The third kappa shape index (κ3) is 2.70. The maximum Gasteiger partial charge on any atom is 0.325 e. The zero-order valence-electron chi connectivity index (χ0n) is 9.30. The van der Waals surface area contributed by atoms with Crippen LogP contribution in [0.2, 0.25) is 0 Å². The van der Waals surface area contributed by atoms with Crippen LogP contribution < -0.4 is 10.5 Å². The minimum absolute atomic E-state index is 0.126. The number of aliphatic carboxylic acids is 1. The lowest BCUT2D eigenvalue weighted by molar-refractivity contribution is -0.142. The molecule has 0 aromatic carbocycles. The number of carboxylic acids is 1. The first-order chi connectivity index (χ1) is 7.17. The van der Waals surface area contributed by atoms with Crippen molar-refractivity contribution < 1.29 is 18.3 Å². The maximum atomic E-state index is 11.7. The predicted octanol–water partition coefficient (Wildman–Crippen LogP) is -1.28. The molecule has 1 heterocycles. The van der Waals surface area contributed by atoms with Gasteiger partial charge in [0.25, 0.3) is 10.2 Å². The second-order valence-corrected chi connectivity index (χ2v) is 6.02. The summed E-state index contributed by atoms with van der Waals surface area (Å²) in [5, 5.41) is 8.87. The minimum atomic E-state index is -3.62. The molecule has 8 heteroatoms. The van der Waals surface area contributed by atoms with E-state index in [-0.39, 0.29) is 25.6 Å². The van der Waals surface area contributed by atoms with Gasteiger partial charge in [0.05, 0.1) is 0 Å². The van der Waals surface area contributed by atoms with Crippen LogP contribution in [0.3, 0.4) is 0 Å². The lowest BCUT2D eigenvalue weighted by atomic mass is 10.0. The fourth-order valence-electron chi connectivity index (χ4n) is 1.55. The minimum Gasteiger partial charge on any atom is -0.480 e. The Kier molecular flexibility index (Phi) is 3.58. The summed E-state index contributed by atoms with van der Waals surface area (Å²) in [5.41, 5.74) is 4.12. The average Bonchev–Trinajstić information content (AvgIpc) is 2.47. The standard InChI is InChI=1S/C8H17N3O4S/c1-6(2)10-16(14,15)11-4-3-8(9,5-11)7(12)13/h6,10H,3-5,9H2,1-2H3,(H,12,13). The van der Waals surface area contributed by atoms with E-state index in [2.05, 4.69) is 4.72 Å². The van der Waals surface area contributed by atoms with Crippen LogP contribution in [-0.2, 0) is 15.0 Å². The van der Waals surface area contributed by atoms with Gasteiger partial charge in [-0.15, -0.1) is 0 Å². The Labute approximate surface area is 94.8 Å². The predicted molar refractivity (Wildman–Crippen MR) is 57.9 cm³/mol. The Bertz CT molecular complexity index is 381. The number of hydrogen-bond acceptors (Lipinski definition) is 4. The van der Waals surface area contributed by atoms with E-state index in [0.717, 1.165) is 4.31 Å². The molecule has 0 saturated carbocycles. The molecular weight excluding hydrogens is 234 g/mol. The Morgan fingerprint density at radius 1 is 1.56 bits per heavy atom. The molecule has 0 aromatic heterocycles. The van der Waals surface area contributed by atoms with Crippen molar-refractivity contribution in [2.45, 2.75) is 31.8 Å². The lowest BCUT2D eigenvalue weighted by Crippen LogP contribution is -2.52. The summed E-state index contributed by atoms with van der Waals surface area (Å²) < 4.78 is 26.9. The van der Waals surface area contributed by atoms with Crippen molar-refractivity contribution in [1.82, 2.24) is 9.03 Å². The molecule has 0 spiro atoms. The van der Waals surface area contributed by atoms with Gasteiger partial charge in [-0.05, 0) is 20.3 Å². The molecule has 0 amide bonds. The zero-order chi connectivity index (χ0) is 12.6. The number of hydrogen-bond donors (Lipinski definition) is 3. The van der Waals surface area contributed by atoms with E-state index in [1.807, 2.05) is 0 Å². The quantitative estimate of drug-likeness (QED) is 0.576. The Balaban J connectivity index is 2.77. The van der Waals surface area contributed by atoms with Crippen LogP contribution in [0.15, 0.2) is 0 Å². The molecule has 0 aliphatic carbocycles. The van der Waals surface area contributed by atoms with Crippen LogP contribution >= 0.6 is 0 Å². The van der Waals surface area contributed by atoms with Crippen LogP contribution in [0.4, 0.5) is 0 Å². The first-order valence-corrected chi connectivity index (χ1v) is 6.41. The molecule has 1 aliphatic heterocycles. The monoisotopic (exact) mass is 251 g/mol. The van der Waals surface area contributed by atoms with Gasteiger partial charge in [0.15, 0.2) is 0 Å². The molecule has 1 atom stereocenters. The van der Waals surface area contributed by atoms with E-state index in [0.29, 0.717) is 0 Å². The fraction of sp³-hybridized carbons (Fsp3) is 0.875. The van der Waals surface area contributed by atoms with Crippen molar-refractivity contribution in [3.63, 3.8) is 0 Å². The fourth-order valence-corrected chi connectivity index (χ4v) is 3.03. The highest BCUT2D eigenvalue weighted by atomic mass is 32.2. The summed E-state index contributed by atoms with van der Waals surface area (Å²) in [5.74, 6) is -1.17. The van der Waals surface area contributed by atoms with Gasteiger partial charge < -0.3 is 10.8 Å². The van der Waals surface area contributed by atoms with Crippen molar-refractivity contribution in [2.75, 3.05) is 13.1 Å². The second kappa shape index (κ2) is 4.28. The normalized spacial score (nSPS) is 27.5. The highest BCUT2D eigenvalue weighted by Gasteiger charge is 2.45. The van der Waals surface area contributed by atoms with Gasteiger partial charge in [-0.2, -0.15) is 17.4 Å². The first kappa shape index (κ1) is 13.4. The summed E-state index contributed by atoms with van der Waals surface area (Å²) in [6, 6.07) is -0.234. The third-order valence-electron chi connectivity index (χ3n) is 2.42. The van der Waals surface area contributed by atoms with Crippen LogP contribution in [0.25, 0.3) is 0 Å². The average molecular weight is 251 g/mol. The molecule has 7 nitrogen and oxygen atoms in total. The molecular formula is C8H17N3O4S. The number of nitrogens with zero attached hydrogens (tertiary/aromatic N) is 1. The third-order valence-corrected chi connectivity index (χ3v) is 4.18. The maximum absolute atomic E-state index is 11.7. The van der Waals surface area contributed by atoms with Crippen molar-refractivity contribution in [1.29, 1.82) is 0 Å². The molecule has 16 heavy (non-hydrogen) atoms. The molecule has 94 valence electrons. The van der Waals surface area contributed by atoms with Crippen molar-refractivity contribution in [3.8, 4) is 0 Å². The number of carbonyl (C=O) groups is 1. The van der Waals surface area contributed by atoms with E-state index in [1.54, 1.807) is 13.8 Å². The number of carboxylic acid groups (broad SMARTS) is 1. The summed E-state index contributed by atoms with van der Waals surface area (Å²) in [6.45, 7) is 3.33. The smallest absolute Gasteiger partial charge is 0.325 e. The highest BCUT2D eigenvalue weighted by Crippen LogP contribution is 2.21. The van der Waals surface area contributed by atoms with Crippen molar-refractivity contribution in [3.05, 3.63) is 0 Å². The topological polar surface area (TPSA) is 113 Å². The molecule has 1 aliphatic rings. The zero-order valence-corrected chi connectivity index (χ0v) is 10.1. The Morgan fingerprint density at radius 2 is 2.12 bits per heavy atom. The molecule has 1 rings (SSSR count). The van der Waals surface area contributed by atoms with Gasteiger partial charge in [-0.3, -0.25) is 4.79 Å². The Morgan fingerprint density at radius 3 is 2.50 bits per heavy atom. The summed E-state index contributed by atoms with van der Waals surface area (Å²) in [7, 11) is -3.62. The SMILES string of the molecule is CC(C)NS(=O)(=O)N1CCC(N)(C(=O)O)C1. The van der Waals surface area contributed by atoms with Gasteiger partial charge in [-0.1, -0.05) is 0 Å². The van der Waals surface area contributed by atoms with Gasteiger partial charge in [0.1, 0.15) is 5.54 Å². The van der Waals surface area contributed by atoms with E-state index < -0.39 is 21.7 Å². The van der Waals surface area contributed by atoms with Crippen molar-refractivity contribution >= 4 is 16.2 Å². The van der Waals surface area contributed by atoms with Gasteiger partial charge in [0, 0.05) is 19.1 Å². The van der Waals surface area contributed by atoms with Crippen LogP contribution in [0.5, 0.6) is 0 Å². The van der Waals surface area contributed by atoms with E-state index in [4.69, 9.17) is 10.8 Å². The number of nitrogens with two attached hydrogens (primary N) is 1. The second-order valence-electron chi connectivity index (χ2n) is 4.32. The van der Waals surface area contributed by atoms with E-state index in [1.165, 1.54) is 0 Å². The molecule has 1 unspecified atom stereocenters. The van der Waals surface area contributed by atoms with Crippen LogP contribution in [-0.4, -0.2) is 48.5 Å². The summed E-state index contributed by atoms with van der Waals surface area (Å²) in [4.78, 5) is 10.9. The van der Waals surface area contributed by atoms with E-state index >= 15 is 0 Å². The molecule has 0 aromatic rings. The van der Waals surface area contributed by atoms with Crippen LogP contribution in [0, 0.1) is 0 Å². The number of rotatable bonds is 4. The molecule has 0 radical (unpaired) electrons. The van der Waals surface area contributed by atoms with Gasteiger partial charge in [0.2, 0.25) is 0 Å². The molecule has 1 saturated heterocycles. The van der Waals surface area contributed by atoms with Crippen molar-refractivity contribution in [2.24, 2.45) is 5.73 Å². The first-order valence-electron chi connectivity index (χ1n) is 4.97. The Hall–Kier alpha value is -0.700.